The van der Waals surface area contributed by atoms with Gasteiger partial charge < -0.3 is 19.5 Å². The molecule has 0 fully saturated rings. The molecule has 0 saturated carbocycles. The first-order valence-corrected chi connectivity index (χ1v) is 8.61. The van der Waals surface area contributed by atoms with Crippen LogP contribution in [0.25, 0.3) is 6.08 Å². The maximum absolute atomic E-state index is 12.1. The number of hydrogen-bond donors (Lipinski definition) is 1. The second-order valence-corrected chi connectivity index (χ2v) is 5.76. The van der Waals surface area contributed by atoms with Crippen molar-refractivity contribution in [2.24, 2.45) is 0 Å². The summed E-state index contributed by atoms with van der Waals surface area (Å²) in [4.78, 5) is 12.1. The number of ether oxygens (including phenoxy) is 3. The van der Waals surface area contributed by atoms with E-state index in [-0.39, 0.29) is 5.91 Å². The highest BCUT2D eigenvalue weighted by Gasteiger charge is 2.05. The van der Waals surface area contributed by atoms with Crippen LogP contribution in [0.4, 0.5) is 0 Å². The third kappa shape index (κ3) is 6.31. The summed E-state index contributed by atoms with van der Waals surface area (Å²) in [6.45, 7) is 4.99. The zero-order valence-electron chi connectivity index (χ0n) is 15.7. The van der Waals surface area contributed by atoms with Gasteiger partial charge in [-0.1, -0.05) is 43.0 Å². The van der Waals surface area contributed by atoms with Crippen molar-refractivity contribution < 1.29 is 19.0 Å². The van der Waals surface area contributed by atoms with Crippen molar-refractivity contribution >= 4 is 12.0 Å². The number of carbonyl (C=O) groups excluding carboxylic acids is 1. The van der Waals surface area contributed by atoms with Crippen LogP contribution in [-0.4, -0.2) is 26.7 Å². The summed E-state index contributed by atoms with van der Waals surface area (Å²) in [7, 11) is 3.23. The fourth-order valence-corrected chi connectivity index (χ4v) is 2.50. The van der Waals surface area contributed by atoms with Crippen LogP contribution < -0.4 is 14.8 Å². The molecule has 0 bridgehead atoms. The van der Waals surface area contributed by atoms with E-state index in [1.807, 2.05) is 36.4 Å². The van der Waals surface area contributed by atoms with Crippen molar-refractivity contribution in [2.75, 3.05) is 20.8 Å². The molecule has 5 heteroatoms. The number of methoxy groups -OCH3 is 2. The first kappa shape index (κ1) is 20.3. The van der Waals surface area contributed by atoms with E-state index in [1.54, 1.807) is 32.4 Å². The van der Waals surface area contributed by atoms with Gasteiger partial charge in [0.05, 0.1) is 13.7 Å². The monoisotopic (exact) mass is 367 g/mol. The van der Waals surface area contributed by atoms with Crippen LogP contribution in [0.3, 0.4) is 0 Å². The summed E-state index contributed by atoms with van der Waals surface area (Å²) in [5.41, 5.74) is 2.93. The standard InChI is InChI=1S/C22H25NO4/c1-4-13-27-20-11-9-17(14-21(20)26-3)10-12-22(24)23-15-18-7-5-6-8-19(18)16-25-2/h4-12,14H,1,13,15-16H2,2-3H3,(H,23,24)/b12-10+. The maximum Gasteiger partial charge on any atom is 0.244 e. The van der Waals surface area contributed by atoms with E-state index in [2.05, 4.69) is 11.9 Å². The van der Waals surface area contributed by atoms with Crippen molar-refractivity contribution in [3.8, 4) is 11.5 Å². The number of hydrogen-bond acceptors (Lipinski definition) is 4. The molecule has 142 valence electrons. The Labute approximate surface area is 160 Å². The molecule has 0 aliphatic heterocycles. The Bertz CT molecular complexity index is 799. The molecule has 0 aromatic heterocycles. The van der Waals surface area contributed by atoms with E-state index in [4.69, 9.17) is 14.2 Å². The summed E-state index contributed by atoms with van der Waals surface area (Å²) in [6, 6.07) is 13.3. The van der Waals surface area contributed by atoms with Crippen LogP contribution >= 0.6 is 0 Å². The molecule has 0 spiro atoms. The molecule has 0 heterocycles. The summed E-state index contributed by atoms with van der Waals surface area (Å²) >= 11 is 0. The Morgan fingerprint density at radius 2 is 1.89 bits per heavy atom. The van der Waals surface area contributed by atoms with Crippen LogP contribution in [0.15, 0.2) is 61.2 Å². The van der Waals surface area contributed by atoms with Crippen molar-refractivity contribution in [2.45, 2.75) is 13.2 Å². The second kappa shape index (κ2) is 10.8. The molecule has 1 N–H and O–H groups in total. The lowest BCUT2D eigenvalue weighted by Crippen LogP contribution is -2.21. The summed E-state index contributed by atoms with van der Waals surface area (Å²) in [5.74, 6) is 1.06. The van der Waals surface area contributed by atoms with Gasteiger partial charge in [-0.2, -0.15) is 0 Å². The fourth-order valence-electron chi connectivity index (χ4n) is 2.50. The number of benzene rings is 2. The largest absolute Gasteiger partial charge is 0.493 e. The normalized spacial score (nSPS) is 10.6. The van der Waals surface area contributed by atoms with Crippen molar-refractivity contribution in [1.29, 1.82) is 0 Å². The molecule has 0 atom stereocenters. The molecule has 1 amide bonds. The van der Waals surface area contributed by atoms with Gasteiger partial charge in [0, 0.05) is 19.7 Å². The average molecular weight is 367 g/mol. The number of nitrogens with one attached hydrogen (secondary N) is 1. The van der Waals surface area contributed by atoms with Gasteiger partial charge in [-0.3, -0.25) is 4.79 Å². The maximum atomic E-state index is 12.1. The first-order valence-electron chi connectivity index (χ1n) is 8.61. The smallest absolute Gasteiger partial charge is 0.244 e. The van der Waals surface area contributed by atoms with Gasteiger partial charge in [-0.25, -0.2) is 0 Å². The lowest BCUT2D eigenvalue weighted by Gasteiger charge is -2.10. The van der Waals surface area contributed by atoms with E-state index >= 15 is 0 Å². The van der Waals surface area contributed by atoms with E-state index in [9.17, 15) is 4.79 Å². The third-order valence-corrected chi connectivity index (χ3v) is 3.84. The van der Waals surface area contributed by atoms with Crippen LogP contribution in [0.5, 0.6) is 11.5 Å². The Balaban J connectivity index is 1.97. The SMILES string of the molecule is C=CCOc1ccc(/C=C/C(=O)NCc2ccccc2COC)cc1OC. The lowest BCUT2D eigenvalue weighted by molar-refractivity contribution is -0.116. The molecular formula is C22H25NO4. The predicted molar refractivity (Wildman–Crippen MR) is 107 cm³/mol. The van der Waals surface area contributed by atoms with Gasteiger partial charge in [0.2, 0.25) is 5.91 Å². The second-order valence-electron chi connectivity index (χ2n) is 5.76. The number of amides is 1. The van der Waals surface area contributed by atoms with Gasteiger partial charge in [-0.05, 0) is 34.9 Å². The molecule has 0 aliphatic carbocycles. The molecule has 27 heavy (non-hydrogen) atoms. The van der Waals surface area contributed by atoms with E-state index < -0.39 is 0 Å². The van der Waals surface area contributed by atoms with E-state index in [0.29, 0.717) is 31.3 Å². The lowest BCUT2D eigenvalue weighted by atomic mass is 10.1. The molecule has 2 aromatic rings. The summed E-state index contributed by atoms with van der Waals surface area (Å²) in [5, 5.41) is 2.89. The first-order chi connectivity index (χ1) is 13.2. The molecular weight excluding hydrogens is 342 g/mol. The number of rotatable bonds is 10. The zero-order chi connectivity index (χ0) is 19.5. The zero-order valence-corrected chi connectivity index (χ0v) is 15.7. The minimum atomic E-state index is -0.173. The third-order valence-electron chi connectivity index (χ3n) is 3.84. The van der Waals surface area contributed by atoms with Gasteiger partial charge in [0.15, 0.2) is 11.5 Å². The minimum absolute atomic E-state index is 0.173. The van der Waals surface area contributed by atoms with Crippen LogP contribution in [0.2, 0.25) is 0 Å². The van der Waals surface area contributed by atoms with Gasteiger partial charge >= 0.3 is 0 Å². The van der Waals surface area contributed by atoms with Crippen molar-refractivity contribution in [3.05, 3.63) is 77.9 Å². The molecule has 2 aromatic carbocycles. The van der Waals surface area contributed by atoms with E-state index in [1.165, 1.54) is 6.08 Å². The molecule has 0 saturated heterocycles. The summed E-state index contributed by atoms with van der Waals surface area (Å²) < 4.78 is 16.0. The van der Waals surface area contributed by atoms with Crippen LogP contribution in [0.1, 0.15) is 16.7 Å². The number of carbonyl (C=O) groups is 1. The highest BCUT2D eigenvalue weighted by Crippen LogP contribution is 2.28. The fraction of sp³-hybridized carbons (Fsp3) is 0.227. The van der Waals surface area contributed by atoms with Gasteiger partial charge in [0.1, 0.15) is 6.61 Å². The molecule has 5 nitrogen and oxygen atoms in total. The molecule has 0 aliphatic rings. The predicted octanol–water partition coefficient (Wildman–Crippen LogP) is 3.74. The minimum Gasteiger partial charge on any atom is -0.493 e. The molecule has 0 radical (unpaired) electrons. The average Bonchev–Trinajstić information content (AvgIpc) is 2.70. The van der Waals surface area contributed by atoms with Crippen LogP contribution in [-0.2, 0) is 22.7 Å². The van der Waals surface area contributed by atoms with Gasteiger partial charge in [-0.15, -0.1) is 0 Å². The van der Waals surface area contributed by atoms with Crippen molar-refractivity contribution in [1.82, 2.24) is 5.32 Å². The van der Waals surface area contributed by atoms with E-state index in [0.717, 1.165) is 16.7 Å². The topological polar surface area (TPSA) is 56.8 Å². The highest BCUT2D eigenvalue weighted by molar-refractivity contribution is 5.91. The van der Waals surface area contributed by atoms with Crippen molar-refractivity contribution in [3.63, 3.8) is 0 Å². The van der Waals surface area contributed by atoms with Gasteiger partial charge in [0.25, 0.3) is 0 Å². The van der Waals surface area contributed by atoms with Crippen LogP contribution in [0, 0.1) is 0 Å². The Kier molecular flexibility index (Phi) is 8.13. The molecule has 0 unspecified atom stereocenters. The highest BCUT2D eigenvalue weighted by atomic mass is 16.5. The molecule has 2 rings (SSSR count). The Morgan fingerprint density at radius 3 is 2.59 bits per heavy atom. The Hall–Kier alpha value is -3.05. The summed E-state index contributed by atoms with van der Waals surface area (Å²) in [6.07, 6.45) is 4.90. The Morgan fingerprint density at radius 1 is 1.11 bits per heavy atom. The quantitative estimate of drug-likeness (QED) is 0.513.